The number of rotatable bonds is 2. The molecular formula is C19H11N7OS. The van der Waals surface area contributed by atoms with E-state index in [2.05, 4.69) is 20.3 Å². The number of aromatic nitrogens is 6. The highest BCUT2D eigenvalue weighted by Gasteiger charge is 2.24. The topological polar surface area (TPSA) is 109 Å². The third-order valence-corrected chi connectivity index (χ3v) is 5.62. The van der Waals surface area contributed by atoms with E-state index in [-0.39, 0.29) is 0 Å². The minimum absolute atomic E-state index is 0.332. The van der Waals surface area contributed by atoms with Crippen molar-refractivity contribution in [3.05, 3.63) is 54.6 Å². The van der Waals surface area contributed by atoms with Crippen molar-refractivity contribution < 1.29 is 4.63 Å². The molecule has 0 radical (unpaired) electrons. The maximum atomic E-state index is 6.62. The number of nitrogens with two attached hydrogens (primary N) is 1. The first-order valence-corrected chi connectivity index (χ1v) is 9.33. The van der Waals surface area contributed by atoms with Gasteiger partial charge in [-0.05, 0) is 34.6 Å². The molecule has 4 heterocycles. The standard InChI is InChI=1S/C19H11N7OS/c20-15-13(19-21-11-8-4-5-9-12(11)28-19)14-18(23-17-16(22-14)24-27-25-17)26(15)10-6-2-1-3-7-10/h1-9H,20H2. The Morgan fingerprint density at radius 2 is 1.61 bits per heavy atom. The minimum atomic E-state index is 0.332. The van der Waals surface area contributed by atoms with E-state index in [1.807, 2.05) is 59.2 Å². The van der Waals surface area contributed by atoms with Crippen LogP contribution in [-0.4, -0.2) is 29.8 Å². The van der Waals surface area contributed by atoms with E-state index in [1.165, 1.54) is 0 Å². The van der Waals surface area contributed by atoms with Crippen molar-refractivity contribution in [1.29, 1.82) is 0 Å². The third-order valence-electron chi connectivity index (χ3n) is 4.56. The van der Waals surface area contributed by atoms with E-state index in [1.54, 1.807) is 11.3 Å². The number of hydrogen-bond acceptors (Lipinski definition) is 8. The largest absolute Gasteiger partial charge is 0.384 e. The fourth-order valence-electron chi connectivity index (χ4n) is 3.33. The zero-order chi connectivity index (χ0) is 18.7. The Balaban J connectivity index is 1.75. The lowest BCUT2D eigenvalue weighted by molar-refractivity contribution is 0.314. The third kappa shape index (κ3) is 2.07. The molecule has 0 amide bonds. The Hall–Kier alpha value is -3.85. The highest BCUT2D eigenvalue weighted by atomic mass is 32.1. The Labute approximate surface area is 161 Å². The molecule has 2 N–H and O–H groups in total. The van der Waals surface area contributed by atoms with Gasteiger partial charge in [0.1, 0.15) is 16.3 Å². The Morgan fingerprint density at radius 1 is 0.857 bits per heavy atom. The first-order chi connectivity index (χ1) is 13.8. The number of anilines is 1. The number of para-hydroxylation sites is 2. The van der Waals surface area contributed by atoms with Crippen molar-refractivity contribution in [3.63, 3.8) is 0 Å². The summed E-state index contributed by atoms with van der Waals surface area (Å²) in [5.74, 6) is 0.518. The SMILES string of the molecule is Nc1c(-c2nc3ccccc3s2)c2nc3nonc3nc2n1-c1ccccc1. The summed E-state index contributed by atoms with van der Waals surface area (Å²) in [4.78, 5) is 14.0. The van der Waals surface area contributed by atoms with Crippen LogP contribution in [0.1, 0.15) is 0 Å². The molecule has 0 aliphatic heterocycles. The molecule has 0 bridgehead atoms. The second-order valence-electron chi connectivity index (χ2n) is 6.23. The number of benzene rings is 2. The van der Waals surface area contributed by atoms with Gasteiger partial charge in [-0.2, -0.15) is 0 Å². The van der Waals surface area contributed by atoms with Gasteiger partial charge < -0.3 is 5.73 Å². The van der Waals surface area contributed by atoms with Crippen LogP contribution in [0.3, 0.4) is 0 Å². The quantitative estimate of drug-likeness (QED) is 0.483. The van der Waals surface area contributed by atoms with Crippen LogP contribution >= 0.6 is 11.3 Å². The number of fused-ring (bicyclic) bond motifs is 3. The molecule has 0 unspecified atom stereocenters. The first-order valence-electron chi connectivity index (χ1n) is 8.51. The predicted octanol–water partition coefficient (Wildman–Crippen LogP) is 3.82. The van der Waals surface area contributed by atoms with Crippen molar-refractivity contribution >= 4 is 49.8 Å². The zero-order valence-corrected chi connectivity index (χ0v) is 15.1. The van der Waals surface area contributed by atoms with Gasteiger partial charge in [-0.3, -0.25) is 4.57 Å². The van der Waals surface area contributed by atoms with E-state index in [9.17, 15) is 0 Å². The Morgan fingerprint density at radius 3 is 2.43 bits per heavy atom. The Bertz CT molecular complexity index is 1450. The summed E-state index contributed by atoms with van der Waals surface area (Å²) in [6.07, 6.45) is 0. The second kappa shape index (κ2) is 5.57. The molecule has 0 fully saturated rings. The molecule has 0 saturated carbocycles. The summed E-state index contributed by atoms with van der Waals surface area (Å²) in [5.41, 5.74) is 11.0. The maximum absolute atomic E-state index is 6.62. The van der Waals surface area contributed by atoms with Crippen molar-refractivity contribution in [1.82, 2.24) is 29.8 Å². The Kier molecular flexibility index (Phi) is 3.03. The molecule has 28 heavy (non-hydrogen) atoms. The van der Waals surface area contributed by atoms with Gasteiger partial charge in [0.15, 0.2) is 5.65 Å². The molecule has 8 nitrogen and oxygen atoms in total. The summed E-state index contributed by atoms with van der Waals surface area (Å²) in [5, 5.41) is 8.44. The van der Waals surface area contributed by atoms with Crippen LogP contribution in [0.5, 0.6) is 0 Å². The summed E-state index contributed by atoms with van der Waals surface area (Å²) < 4.78 is 7.73. The average Bonchev–Trinajstić information content (AvgIpc) is 3.41. The van der Waals surface area contributed by atoms with E-state index in [0.717, 1.165) is 26.5 Å². The van der Waals surface area contributed by atoms with Crippen LogP contribution in [0.4, 0.5) is 5.82 Å². The average molecular weight is 385 g/mol. The van der Waals surface area contributed by atoms with Gasteiger partial charge in [0.2, 0.25) is 11.3 Å². The van der Waals surface area contributed by atoms with Crippen LogP contribution in [0, 0.1) is 0 Å². The first kappa shape index (κ1) is 15.2. The molecule has 0 aliphatic carbocycles. The molecule has 0 atom stereocenters. The molecule has 0 spiro atoms. The lowest BCUT2D eigenvalue weighted by atomic mass is 10.3. The molecule has 6 aromatic rings. The normalized spacial score (nSPS) is 11.7. The fourth-order valence-corrected chi connectivity index (χ4v) is 4.35. The van der Waals surface area contributed by atoms with Crippen molar-refractivity contribution in [2.75, 3.05) is 5.73 Å². The molecule has 4 aromatic heterocycles. The van der Waals surface area contributed by atoms with Crippen LogP contribution in [0.15, 0.2) is 59.2 Å². The summed E-state index contributed by atoms with van der Waals surface area (Å²) in [7, 11) is 0. The molecule has 0 saturated heterocycles. The van der Waals surface area contributed by atoms with Crippen molar-refractivity contribution in [3.8, 4) is 16.3 Å². The van der Waals surface area contributed by atoms with Crippen molar-refractivity contribution in [2.45, 2.75) is 0 Å². The number of nitrogens with zero attached hydrogens (tertiary/aromatic N) is 6. The lowest BCUT2D eigenvalue weighted by Gasteiger charge is -2.06. The van der Waals surface area contributed by atoms with Crippen LogP contribution in [0.25, 0.3) is 48.9 Å². The summed E-state index contributed by atoms with van der Waals surface area (Å²) in [6, 6.07) is 17.7. The summed E-state index contributed by atoms with van der Waals surface area (Å²) >= 11 is 1.56. The number of nitrogen functional groups attached to an aromatic ring is 1. The van der Waals surface area contributed by atoms with E-state index < -0.39 is 0 Å². The number of thiazole rings is 1. The van der Waals surface area contributed by atoms with Gasteiger partial charge in [0, 0.05) is 5.69 Å². The molecule has 0 aliphatic rings. The van der Waals surface area contributed by atoms with Gasteiger partial charge in [0.25, 0.3) is 0 Å². The highest BCUT2D eigenvalue weighted by Crippen LogP contribution is 2.40. The van der Waals surface area contributed by atoms with Crippen molar-refractivity contribution in [2.24, 2.45) is 0 Å². The zero-order valence-electron chi connectivity index (χ0n) is 14.3. The number of hydrogen-bond donors (Lipinski definition) is 1. The minimum Gasteiger partial charge on any atom is -0.384 e. The molecule has 9 heteroatoms. The van der Waals surface area contributed by atoms with Crippen LogP contribution in [0.2, 0.25) is 0 Å². The van der Waals surface area contributed by atoms with Crippen LogP contribution < -0.4 is 5.73 Å². The highest BCUT2D eigenvalue weighted by molar-refractivity contribution is 7.21. The van der Waals surface area contributed by atoms with Crippen LogP contribution in [-0.2, 0) is 0 Å². The molecule has 134 valence electrons. The van der Waals surface area contributed by atoms with Gasteiger partial charge in [-0.25, -0.2) is 19.6 Å². The van der Waals surface area contributed by atoms with Gasteiger partial charge in [-0.1, -0.05) is 30.3 Å². The predicted molar refractivity (Wildman–Crippen MR) is 107 cm³/mol. The van der Waals surface area contributed by atoms with Gasteiger partial charge in [-0.15, -0.1) is 11.3 Å². The smallest absolute Gasteiger partial charge is 0.245 e. The summed E-state index contributed by atoms with van der Waals surface area (Å²) in [6.45, 7) is 0. The van der Waals surface area contributed by atoms with E-state index >= 15 is 0 Å². The molecule has 6 rings (SSSR count). The van der Waals surface area contributed by atoms with Gasteiger partial charge in [0.05, 0.1) is 15.8 Å². The maximum Gasteiger partial charge on any atom is 0.245 e. The van der Waals surface area contributed by atoms with E-state index in [0.29, 0.717) is 28.3 Å². The van der Waals surface area contributed by atoms with Gasteiger partial charge >= 0.3 is 0 Å². The monoisotopic (exact) mass is 385 g/mol. The van der Waals surface area contributed by atoms with E-state index in [4.69, 9.17) is 15.3 Å². The lowest BCUT2D eigenvalue weighted by Crippen LogP contribution is -2.01. The second-order valence-corrected chi connectivity index (χ2v) is 7.26. The molecular weight excluding hydrogens is 374 g/mol. The fraction of sp³-hybridized carbons (Fsp3) is 0. The molecule has 2 aromatic carbocycles.